The van der Waals surface area contributed by atoms with Crippen LogP contribution in [0.25, 0.3) is 6.08 Å². The molecule has 1 N–H and O–H groups in total. The first kappa shape index (κ1) is 15.3. The Hall–Kier alpha value is -2.55. The van der Waals surface area contributed by atoms with Crippen molar-refractivity contribution in [1.29, 1.82) is 0 Å². The minimum absolute atomic E-state index is 0.0314. The number of fused-ring (bicyclic) bond motifs is 1. The topological polar surface area (TPSA) is 38.3 Å². The van der Waals surface area contributed by atoms with Crippen molar-refractivity contribution in [2.75, 3.05) is 6.61 Å². The Labute approximate surface area is 137 Å². The van der Waals surface area contributed by atoms with Crippen LogP contribution in [0.2, 0.25) is 0 Å². The maximum atomic E-state index is 12.1. The molecule has 3 rings (SSSR count). The Morgan fingerprint density at radius 3 is 2.78 bits per heavy atom. The molecule has 3 heteroatoms. The molecule has 2 aromatic carbocycles. The predicted molar refractivity (Wildman–Crippen MR) is 92.4 cm³/mol. The van der Waals surface area contributed by atoms with Crippen LogP contribution in [0.5, 0.6) is 5.75 Å². The fraction of sp³-hybridized carbons (Fsp3) is 0.250. The van der Waals surface area contributed by atoms with Crippen LogP contribution >= 0.6 is 0 Å². The predicted octanol–water partition coefficient (Wildman–Crippen LogP) is 3.82. The summed E-state index contributed by atoms with van der Waals surface area (Å²) in [6.45, 7) is 4.79. The molecule has 0 radical (unpaired) electrons. The highest BCUT2D eigenvalue weighted by molar-refractivity contribution is 5.91. The molecule has 0 aliphatic carbocycles. The minimum Gasteiger partial charge on any atom is -0.493 e. The Morgan fingerprint density at radius 2 is 2.00 bits per heavy atom. The van der Waals surface area contributed by atoms with Gasteiger partial charge in [0, 0.05) is 12.5 Å². The number of amides is 1. The van der Waals surface area contributed by atoms with Gasteiger partial charge in [-0.1, -0.05) is 35.9 Å². The smallest absolute Gasteiger partial charge is 0.244 e. The van der Waals surface area contributed by atoms with Crippen LogP contribution in [0.3, 0.4) is 0 Å². The molecule has 0 aromatic heterocycles. The van der Waals surface area contributed by atoms with Crippen molar-refractivity contribution in [2.45, 2.75) is 26.3 Å². The van der Waals surface area contributed by atoms with E-state index in [1.807, 2.05) is 56.3 Å². The molecule has 1 aliphatic heterocycles. The summed E-state index contributed by atoms with van der Waals surface area (Å²) in [6.07, 6.45) is 4.35. The van der Waals surface area contributed by atoms with Gasteiger partial charge in [-0.25, -0.2) is 0 Å². The van der Waals surface area contributed by atoms with Gasteiger partial charge >= 0.3 is 0 Å². The van der Waals surface area contributed by atoms with Gasteiger partial charge in [0.05, 0.1) is 12.6 Å². The first-order chi connectivity index (χ1) is 11.1. The van der Waals surface area contributed by atoms with Crippen LogP contribution in [0.15, 0.2) is 48.5 Å². The van der Waals surface area contributed by atoms with Crippen LogP contribution in [0.4, 0.5) is 0 Å². The zero-order chi connectivity index (χ0) is 16.2. The standard InChI is InChI=1S/C20H21NO2/c1-14-3-5-16(6-4-14)7-10-20(22)21-15(2)17-8-9-19-18(13-17)11-12-23-19/h3-10,13,15H,11-12H2,1-2H3,(H,21,22)/b10-7+. The van der Waals surface area contributed by atoms with Gasteiger partial charge in [0.15, 0.2) is 0 Å². The van der Waals surface area contributed by atoms with Gasteiger partial charge in [0.1, 0.15) is 5.75 Å². The maximum absolute atomic E-state index is 12.1. The Morgan fingerprint density at radius 1 is 1.22 bits per heavy atom. The van der Waals surface area contributed by atoms with E-state index in [2.05, 4.69) is 11.4 Å². The Bertz CT molecular complexity index is 732. The van der Waals surface area contributed by atoms with Crippen LogP contribution in [0.1, 0.15) is 35.2 Å². The average molecular weight is 307 g/mol. The van der Waals surface area contributed by atoms with E-state index in [9.17, 15) is 4.79 Å². The van der Waals surface area contributed by atoms with E-state index < -0.39 is 0 Å². The van der Waals surface area contributed by atoms with E-state index in [-0.39, 0.29) is 11.9 Å². The first-order valence-corrected chi connectivity index (χ1v) is 7.93. The highest BCUT2D eigenvalue weighted by Gasteiger charge is 2.15. The van der Waals surface area contributed by atoms with Crippen LogP contribution in [-0.2, 0) is 11.2 Å². The maximum Gasteiger partial charge on any atom is 0.244 e. The number of hydrogen-bond acceptors (Lipinski definition) is 2. The first-order valence-electron chi connectivity index (χ1n) is 7.93. The Kier molecular flexibility index (Phi) is 4.47. The fourth-order valence-electron chi connectivity index (χ4n) is 2.67. The van der Waals surface area contributed by atoms with E-state index in [0.29, 0.717) is 0 Å². The van der Waals surface area contributed by atoms with E-state index in [4.69, 9.17) is 4.74 Å². The van der Waals surface area contributed by atoms with Gasteiger partial charge < -0.3 is 10.1 Å². The molecule has 118 valence electrons. The van der Waals surface area contributed by atoms with Crippen molar-refractivity contribution in [3.63, 3.8) is 0 Å². The van der Waals surface area contributed by atoms with Crippen molar-refractivity contribution in [2.24, 2.45) is 0 Å². The SMILES string of the molecule is Cc1ccc(/C=C/C(=O)NC(C)c2ccc3c(c2)CCO3)cc1. The second-order valence-corrected chi connectivity index (χ2v) is 5.94. The summed E-state index contributed by atoms with van der Waals surface area (Å²) in [5.74, 6) is 0.876. The summed E-state index contributed by atoms with van der Waals surface area (Å²) in [7, 11) is 0. The van der Waals surface area contributed by atoms with Gasteiger partial charge in [-0.05, 0) is 48.7 Å². The number of carbonyl (C=O) groups excluding carboxylic acids is 1. The zero-order valence-corrected chi connectivity index (χ0v) is 13.5. The molecule has 1 amide bonds. The van der Waals surface area contributed by atoms with Gasteiger partial charge in [0.2, 0.25) is 5.91 Å². The lowest BCUT2D eigenvalue weighted by Gasteiger charge is -2.14. The summed E-state index contributed by atoms with van der Waals surface area (Å²) < 4.78 is 5.51. The van der Waals surface area contributed by atoms with Crippen molar-refractivity contribution in [3.8, 4) is 5.75 Å². The van der Waals surface area contributed by atoms with Crippen molar-refractivity contribution >= 4 is 12.0 Å². The van der Waals surface area contributed by atoms with Gasteiger partial charge in [0.25, 0.3) is 0 Å². The highest BCUT2D eigenvalue weighted by atomic mass is 16.5. The number of rotatable bonds is 4. The van der Waals surface area contributed by atoms with Crippen molar-refractivity contribution < 1.29 is 9.53 Å². The van der Waals surface area contributed by atoms with Crippen molar-refractivity contribution in [1.82, 2.24) is 5.32 Å². The molecular weight excluding hydrogens is 286 g/mol. The molecule has 23 heavy (non-hydrogen) atoms. The third kappa shape index (κ3) is 3.81. The molecule has 0 spiro atoms. The van der Waals surface area contributed by atoms with Crippen molar-refractivity contribution in [3.05, 3.63) is 70.8 Å². The number of aryl methyl sites for hydroxylation is 1. The monoisotopic (exact) mass is 307 g/mol. The van der Waals surface area contributed by atoms with Gasteiger partial charge in [-0.3, -0.25) is 4.79 Å². The average Bonchev–Trinajstić information content (AvgIpc) is 3.02. The lowest BCUT2D eigenvalue weighted by molar-refractivity contribution is -0.117. The van der Waals surface area contributed by atoms with Crippen LogP contribution in [0, 0.1) is 6.92 Å². The lowest BCUT2D eigenvalue weighted by Crippen LogP contribution is -2.24. The summed E-state index contributed by atoms with van der Waals surface area (Å²) >= 11 is 0. The molecule has 1 unspecified atom stereocenters. The lowest BCUT2D eigenvalue weighted by atomic mass is 10.0. The number of nitrogens with one attached hydrogen (secondary N) is 1. The molecule has 1 heterocycles. The summed E-state index contributed by atoms with van der Waals surface area (Å²) in [5, 5.41) is 3.00. The molecule has 3 nitrogen and oxygen atoms in total. The fourth-order valence-corrected chi connectivity index (χ4v) is 2.67. The number of benzene rings is 2. The second kappa shape index (κ2) is 6.69. The number of carbonyl (C=O) groups is 1. The van der Waals surface area contributed by atoms with E-state index in [1.165, 1.54) is 11.1 Å². The molecule has 0 bridgehead atoms. The zero-order valence-electron chi connectivity index (χ0n) is 13.5. The normalized spacial score (nSPS) is 14.3. The van der Waals surface area contributed by atoms with E-state index in [0.717, 1.165) is 29.9 Å². The second-order valence-electron chi connectivity index (χ2n) is 5.94. The summed E-state index contributed by atoms with van der Waals surface area (Å²) in [4.78, 5) is 12.1. The Balaban J connectivity index is 1.62. The molecule has 0 fully saturated rings. The molecule has 0 saturated carbocycles. The van der Waals surface area contributed by atoms with E-state index in [1.54, 1.807) is 6.08 Å². The largest absolute Gasteiger partial charge is 0.493 e. The van der Waals surface area contributed by atoms with Crippen LogP contribution < -0.4 is 10.1 Å². The van der Waals surface area contributed by atoms with Gasteiger partial charge in [-0.15, -0.1) is 0 Å². The number of hydrogen-bond donors (Lipinski definition) is 1. The van der Waals surface area contributed by atoms with E-state index >= 15 is 0 Å². The molecule has 1 aliphatic rings. The minimum atomic E-state index is -0.0881. The third-order valence-electron chi connectivity index (χ3n) is 4.08. The molecule has 2 aromatic rings. The number of ether oxygens (including phenoxy) is 1. The summed E-state index contributed by atoms with van der Waals surface area (Å²) in [6, 6.07) is 14.2. The molecule has 0 saturated heterocycles. The highest BCUT2D eigenvalue weighted by Crippen LogP contribution is 2.28. The van der Waals surface area contributed by atoms with Crippen LogP contribution in [-0.4, -0.2) is 12.5 Å². The third-order valence-corrected chi connectivity index (χ3v) is 4.08. The quantitative estimate of drug-likeness (QED) is 0.872. The summed E-state index contributed by atoms with van der Waals surface area (Å²) in [5.41, 5.74) is 4.55. The van der Waals surface area contributed by atoms with Gasteiger partial charge in [-0.2, -0.15) is 0 Å². The molecular formula is C20H21NO2. The molecule has 1 atom stereocenters.